The van der Waals surface area contributed by atoms with Crippen LogP contribution in [0.15, 0.2) is 46.5 Å². The maximum Gasteiger partial charge on any atom is 0.339 e. The van der Waals surface area contributed by atoms with Crippen LogP contribution in [-0.4, -0.2) is 21.7 Å². The lowest BCUT2D eigenvalue weighted by atomic mass is 9.98. The predicted octanol–water partition coefficient (Wildman–Crippen LogP) is 4.18. The first kappa shape index (κ1) is 16.6. The molecule has 0 amide bonds. The monoisotopic (exact) mass is 366 g/mol. The lowest BCUT2D eigenvalue weighted by Crippen LogP contribution is -2.41. The van der Waals surface area contributed by atoms with Gasteiger partial charge in [0, 0.05) is 22.9 Å². The van der Waals surface area contributed by atoms with Gasteiger partial charge in [0.25, 0.3) is 0 Å². The minimum absolute atomic E-state index is 0.0461. The summed E-state index contributed by atoms with van der Waals surface area (Å²) in [6.45, 7) is 0. The van der Waals surface area contributed by atoms with Crippen molar-refractivity contribution in [3.63, 3.8) is 0 Å². The van der Waals surface area contributed by atoms with E-state index < -0.39 is 21.7 Å². The molecule has 0 aromatic carbocycles. The number of carbonyl (C=O) groups is 2. The number of hydrogen-bond acceptors (Lipinski definition) is 3. The fourth-order valence-electron chi connectivity index (χ4n) is 1.87. The second-order valence-corrected chi connectivity index (χ2v) is 7.02. The van der Waals surface area contributed by atoms with Crippen LogP contribution in [0.4, 0.5) is 0 Å². The third-order valence-electron chi connectivity index (χ3n) is 2.99. The third-order valence-corrected chi connectivity index (χ3v) is 4.34. The summed E-state index contributed by atoms with van der Waals surface area (Å²) in [6, 6.07) is 0. The molecule has 0 aromatic heterocycles. The molecule has 0 radical (unpaired) electrons. The van der Waals surface area contributed by atoms with E-state index in [4.69, 9.17) is 51.1 Å². The van der Waals surface area contributed by atoms with Crippen molar-refractivity contribution in [3.05, 3.63) is 46.5 Å². The molecule has 2 aliphatic carbocycles. The largest absolute Gasteiger partial charge is 0.390 e. The predicted molar refractivity (Wildman–Crippen MR) is 83.7 cm³/mol. The Hall–Kier alpha value is -0.740. The van der Waals surface area contributed by atoms with E-state index in [2.05, 4.69) is 0 Å². The number of rotatable bonds is 2. The Labute approximate surface area is 141 Å². The van der Waals surface area contributed by atoms with Gasteiger partial charge in [-0.05, 0) is 12.2 Å². The molecule has 0 N–H and O–H groups in total. The van der Waals surface area contributed by atoms with Crippen LogP contribution < -0.4 is 0 Å². The lowest BCUT2D eigenvalue weighted by Gasteiger charge is -2.26. The zero-order valence-electron chi connectivity index (χ0n) is 10.6. The molecule has 2 unspecified atom stereocenters. The van der Waals surface area contributed by atoms with Crippen LogP contribution in [0.5, 0.6) is 0 Å². The first-order chi connectivity index (χ1) is 9.75. The van der Waals surface area contributed by atoms with Crippen LogP contribution in [0.25, 0.3) is 0 Å². The van der Waals surface area contributed by atoms with Crippen molar-refractivity contribution in [3.8, 4) is 0 Å². The summed E-state index contributed by atoms with van der Waals surface area (Å²) >= 11 is 24.0. The number of esters is 2. The number of allylic oxidation sites excluding steroid dienone is 6. The van der Waals surface area contributed by atoms with Gasteiger partial charge in [-0.1, -0.05) is 47.5 Å². The minimum atomic E-state index is -1.51. The molecule has 21 heavy (non-hydrogen) atoms. The molecular formula is C14H10Cl4O3. The summed E-state index contributed by atoms with van der Waals surface area (Å²) in [5, 5.41) is 0.780. The second-order valence-electron chi connectivity index (χ2n) is 4.70. The zero-order valence-corrected chi connectivity index (χ0v) is 13.6. The van der Waals surface area contributed by atoms with Gasteiger partial charge in [-0.3, -0.25) is 0 Å². The average Bonchev–Trinajstić information content (AvgIpc) is 2.38. The van der Waals surface area contributed by atoms with Gasteiger partial charge < -0.3 is 4.74 Å². The molecule has 3 nitrogen and oxygen atoms in total. The number of ether oxygens (including phenoxy) is 1. The topological polar surface area (TPSA) is 43.4 Å². The number of hydrogen-bond donors (Lipinski definition) is 0. The van der Waals surface area contributed by atoms with E-state index in [0.29, 0.717) is 10.1 Å². The molecule has 0 fully saturated rings. The van der Waals surface area contributed by atoms with Gasteiger partial charge in [-0.15, -0.1) is 23.2 Å². The highest BCUT2D eigenvalue weighted by molar-refractivity contribution is 6.41. The van der Waals surface area contributed by atoms with Gasteiger partial charge in [-0.2, -0.15) is 0 Å². The van der Waals surface area contributed by atoms with Gasteiger partial charge in [0.2, 0.25) is 0 Å². The van der Waals surface area contributed by atoms with Crippen LogP contribution in [-0.2, 0) is 14.3 Å². The number of carbonyl (C=O) groups excluding carboxylic acids is 2. The van der Waals surface area contributed by atoms with Gasteiger partial charge in [0.05, 0.1) is 0 Å². The highest BCUT2D eigenvalue weighted by atomic mass is 35.5. The Morgan fingerprint density at radius 3 is 1.62 bits per heavy atom. The zero-order chi connectivity index (χ0) is 15.7. The molecule has 0 saturated heterocycles. The van der Waals surface area contributed by atoms with Crippen molar-refractivity contribution in [1.82, 2.24) is 0 Å². The molecular weight excluding hydrogens is 358 g/mol. The molecule has 2 atom stereocenters. The van der Waals surface area contributed by atoms with Crippen molar-refractivity contribution in [2.45, 2.75) is 22.6 Å². The SMILES string of the molecule is O=C(OC(=O)C1(Cl)C=CC=C(Cl)C1)C1(Cl)C=CC=C(Cl)C1. The molecule has 0 spiro atoms. The van der Waals surface area contributed by atoms with Gasteiger partial charge in [-0.25, -0.2) is 9.59 Å². The highest BCUT2D eigenvalue weighted by Crippen LogP contribution is 2.36. The van der Waals surface area contributed by atoms with Crippen molar-refractivity contribution in [2.24, 2.45) is 0 Å². The van der Waals surface area contributed by atoms with E-state index in [0.717, 1.165) is 0 Å². The quantitative estimate of drug-likeness (QED) is 0.417. The Morgan fingerprint density at radius 1 is 0.905 bits per heavy atom. The maximum absolute atomic E-state index is 12.1. The van der Waals surface area contributed by atoms with E-state index in [1.54, 1.807) is 12.2 Å². The van der Waals surface area contributed by atoms with E-state index in [1.807, 2.05) is 0 Å². The third kappa shape index (κ3) is 3.72. The molecule has 2 rings (SSSR count). The Morgan fingerprint density at radius 2 is 1.29 bits per heavy atom. The summed E-state index contributed by atoms with van der Waals surface area (Å²) in [6.07, 6.45) is 9.20. The standard InChI is InChI=1S/C14H10Cl4O3/c15-9-3-1-5-13(17,7-9)11(19)21-12(20)14(18)6-2-4-10(16)8-14/h1-6H,7-8H2. The van der Waals surface area contributed by atoms with Crippen LogP contribution in [0, 0.1) is 0 Å². The molecule has 2 aliphatic rings. The summed E-state index contributed by atoms with van der Waals surface area (Å²) < 4.78 is 4.82. The molecule has 0 heterocycles. The van der Waals surface area contributed by atoms with Crippen LogP contribution >= 0.6 is 46.4 Å². The fourth-order valence-corrected chi connectivity index (χ4v) is 3.09. The highest BCUT2D eigenvalue weighted by Gasteiger charge is 2.44. The van der Waals surface area contributed by atoms with Crippen molar-refractivity contribution in [2.75, 3.05) is 0 Å². The van der Waals surface area contributed by atoms with Crippen molar-refractivity contribution < 1.29 is 14.3 Å². The molecule has 0 bridgehead atoms. The Balaban J connectivity index is 2.08. The second kappa shape index (κ2) is 6.17. The first-order valence-electron chi connectivity index (χ1n) is 5.97. The molecule has 112 valence electrons. The molecule has 0 aliphatic heterocycles. The van der Waals surface area contributed by atoms with E-state index in [9.17, 15) is 9.59 Å². The Bertz CT molecular complexity index is 553. The van der Waals surface area contributed by atoms with Crippen LogP contribution in [0.2, 0.25) is 0 Å². The first-order valence-corrected chi connectivity index (χ1v) is 7.49. The van der Waals surface area contributed by atoms with Gasteiger partial charge in [0.15, 0.2) is 9.75 Å². The van der Waals surface area contributed by atoms with E-state index >= 15 is 0 Å². The minimum Gasteiger partial charge on any atom is -0.390 e. The fraction of sp³-hybridized carbons (Fsp3) is 0.286. The summed E-state index contributed by atoms with van der Waals surface area (Å²) in [4.78, 5) is 21.2. The van der Waals surface area contributed by atoms with Crippen LogP contribution in [0.3, 0.4) is 0 Å². The van der Waals surface area contributed by atoms with Gasteiger partial charge >= 0.3 is 11.9 Å². The summed E-state index contributed by atoms with van der Waals surface area (Å²) in [5.74, 6) is -1.84. The normalized spacial score (nSPS) is 31.4. The smallest absolute Gasteiger partial charge is 0.339 e. The Kier molecular flexibility index (Phi) is 4.89. The summed E-state index contributed by atoms with van der Waals surface area (Å²) in [5.41, 5.74) is 0. The van der Waals surface area contributed by atoms with Gasteiger partial charge in [0.1, 0.15) is 0 Å². The lowest BCUT2D eigenvalue weighted by molar-refractivity contribution is -0.161. The number of halogens is 4. The van der Waals surface area contributed by atoms with E-state index in [-0.39, 0.29) is 12.8 Å². The molecule has 7 heteroatoms. The van der Waals surface area contributed by atoms with E-state index in [1.165, 1.54) is 24.3 Å². The van der Waals surface area contributed by atoms with Crippen molar-refractivity contribution >= 4 is 58.3 Å². The molecule has 0 saturated carbocycles. The number of alkyl halides is 2. The molecule has 0 aromatic rings. The van der Waals surface area contributed by atoms with Crippen LogP contribution in [0.1, 0.15) is 12.8 Å². The maximum atomic E-state index is 12.1. The average molecular weight is 368 g/mol. The van der Waals surface area contributed by atoms with Crippen molar-refractivity contribution in [1.29, 1.82) is 0 Å². The summed E-state index contributed by atoms with van der Waals surface area (Å²) in [7, 11) is 0.